The van der Waals surface area contributed by atoms with Crippen LogP contribution in [0.3, 0.4) is 0 Å². The van der Waals surface area contributed by atoms with Crippen LogP contribution in [0, 0.1) is 5.92 Å². The Balaban J connectivity index is 0.000000426. The van der Waals surface area contributed by atoms with Gasteiger partial charge >= 0.3 is 12.1 Å². The minimum atomic E-state index is -5.08. The van der Waals surface area contributed by atoms with Crippen molar-refractivity contribution in [3.63, 3.8) is 0 Å². The number of para-hydroxylation sites is 1. The highest BCUT2D eigenvalue weighted by atomic mass is 19.4. The Hall–Kier alpha value is -3.85. The molecule has 2 atom stereocenters. The van der Waals surface area contributed by atoms with E-state index in [1.54, 1.807) is 0 Å². The van der Waals surface area contributed by atoms with Crippen molar-refractivity contribution in [3.05, 3.63) is 95.6 Å². The zero-order chi connectivity index (χ0) is 27.1. The quantitative estimate of drug-likeness (QED) is 0.323. The fraction of sp³-hybridized carbons (Fsp3) is 0.310. The minimum Gasteiger partial charge on any atom is -0.475 e. The van der Waals surface area contributed by atoms with Gasteiger partial charge in [-0.1, -0.05) is 42.5 Å². The first-order valence-electron chi connectivity index (χ1n) is 12.4. The number of nitrogens with one attached hydrogen (secondary N) is 2. The number of amides is 1. The molecule has 0 aliphatic heterocycles. The Morgan fingerprint density at radius 2 is 1.58 bits per heavy atom. The molecule has 3 aromatic carbocycles. The largest absolute Gasteiger partial charge is 0.490 e. The second-order valence-electron chi connectivity index (χ2n) is 9.47. The average molecular weight is 527 g/mol. The number of rotatable bonds is 9. The molecule has 0 saturated heterocycles. The molecule has 38 heavy (non-hydrogen) atoms. The fourth-order valence-corrected chi connectivity index (χ4v) is 3.94. The maximum atomic E-state index is 12.6. The minimum absolute atomic E-state index is 0.0554. The third-order valence-electron chi connectivity index (χ3n) is 6.33. The summed E-state index contributed by atoms with van der Waals surface area (Å²) in [7, 11) is 0. The van der Waals surface area contributed by atoms with Gasteiger partial charge in [-0.15, -0.1) is 0 Å². The van der Waals surface area contributed by atoms with Crippen molar-refractivity contribution in [2.75, 3.05) is 6.54 Å². The van der Waals surface area contributed by atoms with Crippen LogP contribution in [0.2, 0.25) is 0 Å². The molecule has 200 valence electrons. The first-order valence-corrected chi connectivity index (χ1v) is 12.4. The Morgan fingerprint density at radius 1 is 0.921 bits per heavy atom. The highest BCUT2D eigenvalue weighted by molar-refractivity contribution is 5.94. The summed E-state index contributed by atoms with van der Waals surface area (Å²) in [6.45, 7) is 1.63. The van der Waals surface area contributed by atoms with Gasteiger partial charge in [0.05, 0.1) is 0 Å². The molecule has 0 spiro atoms. The van der Waals surface area contributed by atoms with E-state index in [1.165, 1.54) is 31.4 Å². The van der Waals surface area contributed by atoms with E-state index in [4.69, 9.17) is 14.6 Å². The molecule has 0 radical (unpaired) electrons. The van der Waals surface area contributed by atoms with E-state index in [0.29, 0.717) is 24.1 Å². The van der Waals surface area contributed by atoms with Crippen LogP contribution in [0.25, 0.3) is 0 Å². The van der Waals surface area contributed by atoms with E-state index in [1.807, 2.05) is 66.7 Å². The standard InChI is InChI=1S/C27H28N2O2.C2HF3O2/c30-27(22-13-11-21(12-14-22)25-16-26(25)28-17-19-9-10-19)29-18-20-5-4-8-24(15-20)31-23-6-2-1-3-7-23;3-2(4,5)1(6)7/h1-8,11-15,19,25-26,28H,9-10,16-18H2,(H,29,30);(H,6,7)/t25-,26+;/m0./s1. The van der Waals surface area contributed by atoms with E-state index in [-0.39, 0.29) is 5.91 Å². The summed E-state index contributed by atoms with van der Waals surface area (Å²) >= 11 is 0. The topological polar surface area (TPSA) is 87.7 Å². The molecule has 5 rings (SSSR count). The molecule has 2 fully saturated rings. The van der Waals surface area contributed by atoms with Crippen LogP contribution in [-0.2, 0) is 11.3 Å². The number of carboxylic acids is 1. The number of carbonyl (C=O) groups excluding carboxylic acids is 1. The number of aliphatic carboxylic acids is 1. The van der Waals surface area contributed by atoms with E-state index in [9.17, 15) is 18.0 Å². The zero-order valence-corrected chi connectivity index (χ0v) is 20.6. The van der Waals surface area contributed by atoms with Crippen LogP contribution in [0.4, 0.5) is 13.2 Å². The second kappa shape index (κ2) is 12.1. The summed E-state index contributed by atoms with van der Waals surface area (Å²) in [5.41, 5.74) is 3.03. The SMILES string of the molecule is O=C(NCc1cccc(Oc2ccccc2)c1)c1ccc([C@@H]2C[C@H]2NCC2CC2)cc1.O=C(O)C(F)(F)F. The van der Waals surface area contributed by atoms with E-state index >= 15 is 0 Å². The Morgan fingerprint density at radius 3 is 2.21 bits per heavy atom. The van der Waals surface area contributed by atoms with Crippen molar-refractivity contribution in [2.45, 2.75) is 43.9 Å². The molecule has 3 aromatic rings. The fourth-order valence-electron chi connectivity index (χ4n) is 3.94. The van der Waals surface area contributed by atoms with Gasteiger partial charge in [0.25, 0.3) is 5.91 Å². The number of ether oxygens (including phenoxy) is 1. The van der Waals surface area contributed by atoms with E-state index in [2.05, 4.69) is 22.8 Å². The summed E-state index contributed by atoms with van der Waals surface area (Å²) in [5.74, 6) is 0.259. The van der Waals surface area contributed by atoms with Gasteiger partial charge in [0.15, 0.2) is 0 Å². The van der Waals surface area contributed by atoms with E-state index < -0.39 is 12.1 Å². The third kappa shape index (κ3) is 8.34. The number of alkyl halides is 3. The lowest BCUT2D eigenvalue weighted by atomic mass is 10.1. The first-order chi connectivity index (χ1) is 18.2. The normalized spacial score (nSPS) is 18.1. The molecule has 0 aromatic heterocycles. The molecule has 1 amide bonds. The lowest BCUT2D eigenvalue weighted by Crippen LogP contribution is -2.22. The smallest absolute Gasteiger partial charge is 0.475 e. The van der Waals surface area contributed by atoms with Crippen molar-refractivity contribution < 1.29 is 32.6 Å². The predicted molar refractivity (Wildman–Crippen MR) is 136 cm³/mol. The van der Waals surface area contributed by atoms with E-state index in [0.717, 1.165) is 23.0 Å². The van der Waals surface area contributed by atoms with Crippen LogP contribution < -0.4 is 15.4 Å². The molecule has 0 bridgehead atoms. The van der Waals surface area contributed by atoms with Gasteiger partial charge in [-0.25, -0.2) is 4.79 Å². The summed E-state index contributed by atoms with van der Waals surface area (Å²) in [4.78, 5) is 21.5. The van der Waals surface area contributed by atoms with Crippen LogP contribution in [0.15, 0.2) is 78.9 Å². The summed E-state index contributed by atoms with van der Waals surface area (Å²) in [5, 5.41) is 13.8. The monoisotopic (exact) mass is 526 g/mol. The summed E-state index contributed by atoms with van der Waals surface area (Å²) < 4.78 is 37.6. The lowest BCUT2D eigenvalue weighted by molar-refractivity contribution is -0.192. The molecular formula is C29H29F3N2O4. The van der Waals surface area contributed by atoms with Crippen LogP contribution in [0.5, 0.6) is 11.5 Å². The van der Waals surface area contributed by atoms with Crippen LogP contribution in [-0.4, -0.2) is 35.7 Å². The molecule has 2 aliphatic rings. The Labute approximate surface area is 218 Å². The Bertz CT molecular complexity index is 1230. The Kier molecular flexibility index (Phi) is 8.68. The predicted octanol–water partition coefficient (Wildman–Crippen LogP) is 5.90. The molecule has 0 heterocycles. The van der Waals surface area contributed by atoms with Crippen molar-refractivity contribution in [3.8, 4) is 11.5 Å². The number of benzene rings is 3. The number of hydrogen-bond acceptors (Lipinski definition) is 4. The molecule has 2 aliphatic carbocycles. The van der Waals surface area contributed by atoms with Crippen molar-refractivity contribution in [1.82, 2.24) is 10.6 Å². The number of carbonyl (C=O) groups is 2. The number of halogens is 3. The average Bonchev–Trinajstić information content (AvgIpc) is 3.82. The third-order valence-corrected chi connectivity index (χ3v) is 6.33. The van der Waals surface area contributed by atoms with Crippen LogP contribution >= 0.6 is 0 Å². The molecule has 6 nitrogen and oxygen atoms in total. The summed E-state index contributed by atoms with van der Waals surface area (Å²) in [6, 6.07) is 26.2. The highest BCUT2D eigenvalue weighted by Crippen LogP contribution is 2.41. The molecule has 9 heteroatoms. The molecular weight excluding hydrogens is 497 g/mol. The van der Waals surface area contributed by atoms with Gasteiger partial charge in [-0.2, -0.15) is 13.2 Å². The van der Waals surface area contributed by atoms with Gasteiger partial charge in [-0.05, 0) is 79.3 Å². The van der Waals surface area contributed by atoms with Gasteiger partial charge in [-0.3, -0.25) is 4.79 Å². The zero-order valence-electron chi connectivity index (χ0n) is 20.6. The van der Waals surface area contributed by atoms with Gasteiger partial charge in [0, 0.05) is 24.1 Å². The summed E-state index contributed by atoms with van der Waals surface area (Å²) in [6.07, 6.45) is -1.10. The van der Waals surface area contributed by atoms with Gasteiger partial charge < -0.3 is 20.5 Å². The highest BCUT2D eigenvalue weighted by Gasteiger charge is 2.39. The molecule has 2 saturated carbocycles. The molecule has 3 N–H and O–H groups in total. The van der Waals surface area contributed by atoms with Crippen molar-refractivity contribution in [1.29, 1.82) is 0 Å². The van der Waals surface area contributed by atoms with Crippen molar-refractivity contribution >= 4 is 11.9 Å². The van der Waals surface area contributed by atoms with Crippen molar-refractivity contribution in [2.24, 2.45) is 5.92 Å². The maximum absolute atomic E-state index is 12.6. The number of carboxylic acid groups (broad SMARTS) is 1. The van der Waals surface area contributed by atoms with Crippen LogP contribution in [0.1, 0.15) is 46.7 Å². The maximum Gasteiger partial charge on any atom is 0.490 e. The second-order valence-corrected chi connectivity index (χ2v) is 9.47. The molecule has 0 unspecified atom stereocenters. The van der Waals surface area contributed by atoms with Gasteiger partial charge in [0.2, 0.25) is 0 Å². The first kappa shape index (κ1) is 27.2. The number of hydrogen-bond donors (Lipinski definition) is 3. The van der Waals surface area contributed by atoms with Gasteiger partial charge in [0.1, 0.15) is 11.5 Å². The lowest BCUT2D eigenvalue weighted by Gasteiger charge is -2.09.